The summed E-state index contributed by atoms with van der Waals surface area (Å²) in [6.07, 6.45) is 2.15. The van der Waals surface area contributed by atoms with Gasteiger partial charge in [-0.25, -0.2) is 0 Å². The van der Waals surface area contributed by atoms with E-state index in [2.05, 4.69) is 17.1 Å². The Balaban J connectivity index is 1.48. The molecule has 160 valence electrons. The third kappa shape index (κ3) is 4.71. The summed E-state index contributed by atoms with van der Waals surface area (Å²) in [5, 5.41) is 14.8. The molecular weight excluding hydrogens is 400 g/mol. The Morgan fingerprint density at radius 2 is 2.03 bits per heavy atom. The summed E-state index contributed by atoms with van der Waals surface area (Å²) in [5.74, 6) is 1.49. The standard InChI is InChI=1S/C22H22N4O5/c1-15-5-4-12-25(13-15)20(27)14-30-19-7-3-2-6-18(19)21-23-22(31-24-21)16-8-10-17(11-9-16)26(28)29/h2-3,6-11,15H,4-5,12-14H2,1H3. The van der Waals surface area contributed by atoms with Crippen LogP contribution in [-0.4, -0.2) is 45.6 Å². The summed E-state index contributed by atoms with van der Waals surface area (Å²) in [6.45, 7) is 3.61. The molecule has 0 N–H and O–H groups in total. The lowest BCUT2D eigenvalue weighted by Crippen LogP contribution is -2.41. The number of amides is 1. The van der Waals surface area contributed by atoms with Crippen LogP contribution in [0.1, 0.15) is 19.8 Å². The van der Waals surface area contributed by atoms with E-state index in [9.17, 15) is 14.9 Å². The van der Waals surface area contributed by atoms with Crippen molar-refractivity contribution in [3.8, 4) is 28.6 Å². The topological polar surface area (TPSA) is 112 Å². The monoisotopic (exact) mass is 422 g/mol. The highest BCUT2D eigenvalue weighted by molar-refractivity contribution is 5.78. The van der Waals surface area contributed by atoms with E-state index in [1.165, 1.54) is 12.1 Å². The summed E-state index contributed by atoms with van der Waals surface area (Å²) in [4.78, 5) is 29.1. The highest BCUT2D eigenvalue weighted by Crippen LogP contribution is 2.30. The van der Waals surface area contributed by atoms with Gasteiger partial charge in [-0.1, -0.05) is 24.2 Å². The van der Waals surface area contributed by atoms with Crippen LogP contribution < -0.4 is 4.74 Å². The van der Waals surface area contributed by atoms with E-state index in [0.717, 1.165) is 25.9 Å². The van der Waals surface area contributed by atoms with Crippen LogP contribution in [0.15, 0.2) is 53.1 Å². The van der Waals surface area contributed by atoms with E-state index in [1.54, 1.807) is 24.3 Å². The highest BCUT2D eigenvalue weighted by atomic mass is 16.6. The third-order valence-electron chi connectivity index (χ3n) is 5.24. The highest BCUT2D eigenvalue weighted by Gasteiger charge is 2.22. The molecule has 9 nitrogen and oxygen atoms in total. The smallest absolute Gasteiger partial charge is 0.269 e. The molecule has 0 spiro atoms. The summed E-state index contributed by atoms with van der Waals surface area (Å²) >= 11 is 0. The summed E-state index contributed by atoms with van der Waals surface area (Å²) in [7, 11) is 0. The minimum absolute atomic E-state index is 0.0185. The van der Waals surface area contributed by atoms with Crippen LogP contribution >= 0.6 is 0 Å². The number of non-ortho nitro benzene ring substituents is 1. The van der Waals surface area contributed by atoms with Gasteiger partial charge in [0, 0.05) is 30.8 Å². The maximum atomic E-state index is 12.5. The Morgan fingerprint density at radius 1 is 1.26 bits per heavy atom. The lowest BCUT2D eigenvalue weighted by molar-refractivity contribution is -0.384. The second-order valence-electron chi connectivity index (χ2n) is 7.60. The number of aromatic nitrogens is 2. The van der Waals surface area contributed by atoms with Gasteiger partial charge >= 0.3 is 0 Å². The summed E-state index contributed by atoms with van der Waals surface area (Å²) < 4.78 is 11.1. The van der Waals surface area contributed by atoms with Crippen molar-refractivity contribution in [3.63, 3.8) is 0 Å². The van der Waals surface area contributed by atoms with E-state index in [-0.39, 0.29) is 24.1 Å². The van der Waals surface area contributed by atoms with E-state index in [1.807, 2.05) is 17.0 Å². The van der Waals surface area contributed by atoms with Crippen molar-refractivity contribution < 1.29 is 19.0 Å². The number of carbonyl (C=O) groups is 1. The van der Waals surface area contributed by atoms with E-state index < -0.39 is 4.92 Å². The molecule has 0 saturated carbocycles. The first-order chi connectivity index (χ1) is 15.0. The van der Waals surface area contributed by atoms with Crippen LogP contribution in [0, 0.1) is 16.0 Å². The molecule has 4 rings (SSSR count). The number of hydrogen-bond donors (Lipinski definition) is 0. The van der Waals surface area contributed by atoms with Crippen molar-refractivity contribution >= 4 is 11.6 Å². The molecule has 1 unspecified atom stereocenters. The third-order valence-corrected chi connectivity index (χ3v) is 5.24. The fraction of sp³-hybridized carbons (Fsp3) is 0.318. The Bertz CT molecular complexity index is 1080. The Morgan fingerprint density at radius 3 is 2.77 bits per heavy atom. The molecule has 1 saturated heterocycles. The average molecular weight is 422 g/mol. The number of nitro groups is 1. The summed E-state index contributed by atoms with van der Waals surface area (Å²) in [6, 6.07) is 13.0. The van der Waals surface area contributed by atoms with Gasteiger partial charge in [0.25, 0.3) is 17.5 Å². The fourth-order valence-electron chi connectivity index (χ4n) is 3.60. The van der Waals surface area contributed by atoms with Crippen molar-refractivity contribution in [3.05, 3.63) is 58.6 Å². The van der Waals surface area contributed by atoms with Gasteiger partial charge < -0.3 is 14.2 Å². The van der Waals surface area contributed by atoms with Crippen molar-refractivity contribution in [1.29, 1.82) is 0 Å². The number of para-hydroxylation sites is 1. The van der Waals surface area contributed by atoms with Crippen LogP contribution in [0.2, 0.25) is 0 Å². The SMILES string of the molecule is CC1CCCN(C(=O)COc2ccccc2-c2noc(-c3ccc([N+](=O)[O-])cc3)n2)C1. The van der Waals surface area contributed by atoms with Crippen molar-refractivity contribution in [2.24, 2.45) is 5.92 Å². The van der Waals surface area contributed by atoms with Gasteiger partial charge in [0.1, 0.15) is 5.75 Å². The maximum absolute atomic E-state index is 12.5. The fourth-order valence-corrected chi connectivity index (χ4v) is 3.60. The molecule has 1 aromatic heterocycles. The number of rotatable bonds is 6. The second kappa shape index (κ2) is 8.95. The minimum atomic E-state index is -0.470. The number of nitro benzene ring substituents is 1. The number of hydrogen-bond acceptors (Lipinski definition) is 7. The second-order valence-corrected chi connectivity index (χ2v) is 7.60. The van der Waals surface area contributed by atoms with Crippen molar-refractivity contribution in [2.75, 3.05) is 19.7 Å². The molecule has 3 aromatic rings. The Labute approximate surface area is 178 Å². The number of ether oxygens (including phenoxy) is 1. The number of carbonyl (C=O) groups excluding carboxylic acids is 1. The molecule has 1 atom stereocenters. The number of piperidine rings is 1. The first kappa shape index (κ1) is 20.5. The molecular formula is C22H22N4O5. The lowest BCUT2D eigenvalue weighted by atomic mass is 10.0. The van der Waals surface area contributed by atoms with Gasteiger partial charge in [0.2, 0.25) is 5.82 Å². The van der Waals surface area contributed by atoms with Gasteiger partial charge in [-0.15, -0.1) is 0 Å². The Hall–Kier alpha value is -3.75. The van der Waals surface area contributed by atoms with Crippen LogP contribution in [0.25, 0.3) is 22.8 Å². The van der Waals surface area contributed by atoms with Crippen molar-refractivity contribution in [1.82, 2.24) is 15.0 Å². The molecule has 1 fully saturated rings. The summed E-state index contributed by atoms with van der Waals surface area (Å²) in [5.41, 5.74) is 1.14. The average Bonchev–Trinajstić information content (AvgIpc) is 3.28. The number of likely N-dealkylation sites (tertiary alicyclic amines) is 1. The van der Waals surface area contributed by atoms with Crippen LogP contribution in [-0.2, 0) is 4.79 Å². The maximum Gasteiger partial charge on any atom is 0.269 e. The van der Waals surface area contributed by atoms with Gasteiger partial charge in [0.15, 0.2) is 6.61 Å². The molecule has 1 aliphatic rings. The first-order valence-corrected chi connectivity index (χ1v) is 10.1. The van der Waals surface area contributed by atoms with E-state index in [4.69, 9.17) is 9.26 Å². The zero-order valence-corrected chi connectivity index (χ0v) is 17.1. The molecule has 2 aromatic carbocycles. The molecule has 0 radical (unpaired) electrons. The predicted octanol–water partition coefficient (Wildman–Crippen LogP) is 3.95. The van der Waals surface area contributed by atoms with Gasteiger partial charge in [-0.3, -0.25) is 14.9 Å². The first-order valence-electron chi connectivity index (χ1n) is 10.1. The molecule has 1 amide bonds. The van der Waals surface area contributed by atoms with Crippen LogP contribution in [0.5, 0.6) is 5.75 Å². The molecule has 2 heterocycles. The van der Waals surface area contributed by atoms with Crippen molar-refractivity contribution in [2.45, 2.75) is 19.8 Å². The minimum Gasteiger partial charge on any atom is -0.483 e. The van der Waals surface area contributed by atoms with Crippen LogP contribution in [0.3, 0.4) is 0 Å². The Kier molecular flexibility index (Phi) is 5.92. The zero-order valence-electron chi connectivity index (χ0n) is 17.1. The number of benzene rings is 2. The number of nitrogens with zero attached hydrogens (tertiary/aromatic N) is 4. The quantitative estimate of drug-likeness (QED) is 0.437. The zero-order chi connectivity index (χ0) is 21.8. The molecule has 0 bridgehead atoms. The molecule has 0 aliphatic carbocycles. The van der Waals surface area contributed by atoms with Gasteiger partial charge in [0.05, 0.1) is 10.5 Å². The van der Waals surface area contributed by atoms with E-state index in [0.29, 0.717) is 28.6 Å². The molecule has 9 heteroatoms. The van der Waals surface area contributed by atoms with Gasteiger partial charge in [-0.05, 0) is 43.0 Å². The lowest BCUT2D eigenvalue weighted by Gasteiger charge is -2.30. The van der Waals surface area contributed by atoms with E-state index >= 15 is 0 Å². The normalized spacial score (nSPS) is 16.2. The van der Waals surface area contributed by atoms with Crippen LogP contribution in [0.4, 0.5) is 5.69 Å². The largest absolute Gasteiger partial charge is 0.483 e. The van der Waals surface area contributed by atoms with Gasteiger partial charge in [-0.2, -0.15) is 4.98 Å². The predicted molar refractivity (Wildman–Crippen MR) is 112 cm³/mol. The molecule has 31 heavy (non-hydrogen) atoms. The molecule has 1 aliphatic heterocycles.